The molecule has 4 aliphatic rings. The van der Waals surface area contributed by atoms with Crippen LogP contribution in [0.5, 0.6) is 11.5 Å². The van der Waals surface area contributed by atoms with E-state index in [2.05, 4.69) is 16.0 Å². The molecule has 184 valence electrons. The normalized spacial score (nSPS) is 26.7. The SMILES string of the molecule is COc1cccc(OCCn2c(CCNC(=O)C34CC5CC(CC(C5)C3)C4)nc3ccccc32)c1. The van der Waals surface area contributed by atoms with Crippen molar-refractivity contribution in [2.45, 2.75) is 51.5 Å². The standard InChI is InChI=1S/C29H35N3O3/c1-34-23-5-4-6-24(16-23)35-12-11-32-26-8-3-2-7-25(26)31-27(32)9-10-30-28(33)29-17-20-13-21(18-29)15-22(14-20)19-29/h2-8,16,20-22H,9-15,17-19H2,1H3,(H,30,33). The number of fused-ring (bicyclic) bond motifs is 1. The van der Waals surface area contributed by atoms with Crippen molar-refractivity contribution < 1.29 is 14.3 Å². The van der Waals surface area contributed by atoms with Crippen molar-refractivity contribution in [2.24, 2.45) is 23.2 Å². The summed E-state index contributed by atoms with van der Waals surface area (Å²) in [4.78, 5) is 18.2. The van der Waals surface area contributed by atoms with Crippen molar-refractivity contribution in [1.82, 2.24) is 14.9 Å². The number of carbonyl (C=O) groups is 1. The van der Waals surface area contributed by atoms with Crippen LogP contribution in [0, 0.1) is 23.2 Å². The Balaban J connectivity index is 1.11. The maximum absolute atomic E-state index is 13.4. The van der Waals surface area contributed by atoms with Crippen molar-refractivity contribution in [1.29, 1.82) is 0 Å². The third-order valence-corrected chi connectivity index (χ3v) is 8.51. The van der Waals surface area contributed by atoms with Crippen LogP contribution in [0.15, 0.2) is 48.5 Å². The number of hydrogen-bond acceptors (Lipinski definition) is 4. The molecule has 4 fully saturated rings. The molecule has 1 N–H and O–H groups in total. The minimum atomic E-state index is -0.0978. The zero-order chi connectivity index (χ0) is 23.8. The summed E-state index contributed by atoms with van der Waals surface area (Å²) < 4.78 is 13.5. The second-order valence-corrected chi connectivity index (χ2v) is 10.9. The van der Waals surface area contributed by atoms with Gasteiger partial charge >= 0.3 is 0 Å². The van der Waals surface area contributed by atoms with Gasteiger partial charge in [-0.25, -0.2) is 4.98 Å². The molecular formula is C29H35N3O3. The molecule has 35 heavy (non-hydrogen) atoms. The van der Waals surface area contributed by atoms with Gasteiger partial charge in [-0.05, 0) is 80.5 Å². The number of nitrogens with zero attached hydrogens (tertiary/aromatic N) is 2. The van der Waals surface area contributed by atoms with Crippen molar-refractivity contribution in [3.63, 3.8) is 0 Å². The van der Waals surface area contributed by atoms with Gasteiger partial charge in [0, 0.05) is 24.4 Å². The van der Waals surface area contributed by atoms with E-state index in [1.165, 1.54) is 19.3 Å². The van der Waals surface area contributed by atoms with Crippen LogP contribution in [0.3, 0.4) is 0 Å². The molecule has 0 radical (unpaired) electrons. The van der Waals surface area contributed by atoms with Crippen LogP contribution in [0.1, 0.15) is 44.3 Å². The zero-order valence-electron chi connectivity index (χ0n) is 20.5. The Morgan fingerprint density at radius 2 is 1.74 bits per heavy atom. The Hall–Kier alpha value is -3.02. The van der Waals surface area contributed by atoms with E-state index >= 15 is 0 Å². The lowest BCUT2D eigenvalue weighted by atomic mass is 9.49. The fourth-order valence-electron chi connectivity index (χ4n) is 7.38. The van der Waals surface area contributed by atoms with Gasteiger partial charge in [0.2, 0.25) is 5.91 Å². The molecule has 7 rings (SSSR count). The van der Waals surface area contributed by atoms with Gasteiger partial charge in [0.15, 0.2) is 0 Å². The average Bonchev–Trinajstić information content (AvgIpc) is 3.20. The summed E-state index contributed by atoms with van der Waals surface area (Å²) in [5, 5.41) is 3.32. The Labute approximate surface area is 207 Å². The molecule has 3 aromatic rings. The van der Waals surface area contributed by atoms with Gasteiger partial charge in [-0.15, -0.1) is 0 Å². The quantitative estimate of drug-likeness (QED) is 0.475. The number of hydrogen-bond donors (Lipinski definition) is 1. The fourth-order valence-corrected chi connectivity index (χ4v) is 7.38. The van der Waals surface area contributed by atoms with Crippen molar-refractivity contribution >= 4 is 16.9 Å². The third kappa shape index (κ3) is 4.39. The number of benzene rings is 2. The lowest BCUT2D eigenvalue weighted by Gasteiger charge is -2.55. The summed E-state index contributed by atoms with van der Waals surface area (Å²) in [6.45, 7) is 1.84. The van der Waals surface area contributed by atoms with E-state index in [0.29, 0.717) is 32.0 Å². The fraction of sp³-hybridized carbons (Fsp3) is 0.517. The highest BCUT2D eigenvalue weighted by atomic mass is 16.5. The minimum absolute atomic E-state index is 0.0978. The number of nitrogens with one attached hydrogen (secondary N) is 1. The molecule has 2 aromatic carbocycles. The smallest absolute Gasteiger partial charge is 0.226 e. The summed E-state index contributed by atoms with van der Waals surface area (Å²) in [5.74, 6) is 5.19. The van der Waals surface area contributed by atoms with E-state index in [4.69, 9.17) is 14.5 Å². The van der Waals surface area contributed by atoms with Gasteiger partial charge in [-0.3, -0.25) is 4.79 Å². The Bertz CT molecular complexity index is 1180. The van der Waals surface area contributed by atoms with Gasteiger partial charge < -0.3 is 19.4 Å². The second-order valence-electron chi connectivity index (χ2n) is 10.9. The van der Waals surface area contributed by atoms with Crippen LogP contribution in [0.4, 0.5) is 0 Å². The number of ether oxygens (including phenoxy) is 2. The molecular weight excluding hydrogens is 438 g/mol. The van der Waals surface area contributed by atoms with Crippen LogP contribution >= 0.6 is 0 Å². The maximum atomic E-state index is 13.4. The lowest BCUT2D eigenvalue weighted by molar-refractivity contribution is -0.146. The maximum Gasteiger partial charge on any atom is 0.226 e. The predicted octanol–water partition coefficient (Wildman–Crippen LogP) is 5.00. The van der Waals surface area contributed by atoms with Crippen LogP contribution in [0.2, 0.25) is 0 Å². The third-order valence-electron chi connectivity index (χ3n) is 8.51. The van der Waals surface area contributed by atoms with E-state index in [0.717, 1.165) is 65.4 Å². The van der Waals surface area contributed by atoms with Gasteiger partial charge in [0.1, 0.15) is 23.9 Å². The summed E-state index contributed by atoms with van der Waals surface area (Å²) >= 11 is 0. The number of aromatic nitrogens is 2. The van der Waals surface area contributed by atoms with Gasteiger partial charge in [0.05, 0.1) is 24.7 Å². The first kappa shape index (κ1) is 22.4. The van der Waals surface area contributed by atoms with Crippen molar-refractivity contribution in [3.05, 3.63) is 54.4 Å². The first-order chi connectivity index (χ1) is 17.1. The number of carbonyl (C=O) groups excluding carboxylic acids is 1. The second kappa shape index (κ2) is 9.21. The van der Waals surface area contributed by atoms with Crippen LogP contribution in [-0.2, 0) is 17.8 Å². The number of amides is 1. The van der Waals surface area contributed by atoms with E-state index in [1.54, 1.807) is 7.11 Å². The number of para-hydroxylation sites is 2. The predicted molar refractivity (Wildman–Crippen MR) is 136 cm³/mol. The van der Waals surface area contributed by atoms with Crippen LogP contribution in [0.25, 0.3) is 11.0 Å². The molecule has 4 saturated carbocycles. The summed E-state index contributed by atoms with van der Waals surface area (Å²) in [5.41, 5.74) is 1.99. The number of imidazole rings is 1. The highest BCUT2D eigenvalue weighted by molar-refractivity contribution is 5.83. The Kier molecular flexibility index (Phi) is 5.91. The van der Waals surface area contributed by atoms with Gasteiger partial charge in [0.25, 0.3) is 0 Å². The molecule has 1 heterocycles. The monoisotopic (exact) mass is 473 g/mol. The van der Waals surface area contributed by atoms with E-state index in [9.17, 15) is 4.79 Å². The molecule has 0 aliphatic heterocycles. The number of methoxy groups -OCH3 is 1. The molecule has 0 atom stereocenters. The molecule has 0 spiro atoms. The van der Waals surface area contributed by atoms with Gasteiger partial charge in [-0.2, -0.15) is 0 Å². The molecule has 4 bridgehead atoms. The van der Waals surface area contributed by atoms with Crippen molar-refractivity contribution in [2.75, 3.05) is 20.3 Å². The molecule has 0 saturated heterocycles. The lowest BCUT2D eigenvalue weighted by Crippen LogP contribution is -2.53. The first-order valence-corrected chi connectivity index (χ1v) is 13.1. The number of rotatable bonds is 9. The topological polar surface area (TPSA) is 65.4 Å². The van der Waals surface area contributed by atoms with E-state index in [-0.39, 0.29) is 5.41 Å². The Morgan fingerprint density at radius 1 is 1.03 bits per heavy atom. The molecule has 4 aliphatic carbocycles. The molecule has 6 heteroatoms. The van der Waals surface area contributed by atoms with Gasteiger partial charge in [-0.1, -0.05) is 18.2 Å². The molecule has 1 amide bonds. The highest BCUT2D eigenvalue weighted by Crippen LogP contribution is 2.60. The summed E-state index contributed by atoms with van der Waals surface area (Å²) in [6.07, 6.45) is 8.09. The summed E-state index contributed by atoms with van der Waals surface area (Å²) in [7, 11) is 1.66. The van der Waals surface area contributed by atoms with E-state index < -0.39 is 0 Å². The zero-order valence-corrected chi connectivity index (χ0v) is 20.5. The molecule has 0 unspecified atom stereocenters. The Morgan fingerprint density at radius 3 is 2.49 bits per heavy atom. The average molecular weight is 474 g/mol. The van der Waals surface area contributed by atoms with Crippen LogP contribution < -0.4 is 14.8 Å². The molecule has 1 aromatic heterocycles. The first-order valence-electron chi connectivity index (χ1n) is 13.1. The minimum Gasteiger partial charge on any atom is -0.497 e. The van der Waals surface area contributed by atoms with Crippen LogP contribution in [-0.4, -0.2) is 35.7 Å². The largest absolute Gasteiger partial charge is 0.497 e. The molecule has 6 nitrogen and oxygen atoms in total. The summed E-state index contributed by atoms with van der Waals surface area (Å²) in [6, 6.07) is 15.9. The highest BCUT2D eigenvalue weighted by Gasteiger charge is 2.54. The van der Waals surface area contributed by atoms with Crippen molar-refractivity contribution in [3.8, 4) is 11.5 Å². The van der Waals surface area contributed by atoms with E-state index in [1.807, 2.05) is 42.5 Å².